The summed E-state index contributed by atoms with van der Waals surface area (Å²) >= 11 is 0. The third-order valence-electron chi connectivity index (χ3n) is 6.42. The molecule has 5 rings (SSSR count). The molecule has 0 spiro atoms. The smallest absolute Gasteiger partial charge is 0.258 e. The summed E-state index contributed by atoms with van der Waals surface area (Å²) in [7, 11) is 1.88. The topological polar surface area (TPSA) is 55.2 Å². The standard InChI is InChI=1S/C32H26FN3O2/c1-22(37)11-12-23-7-6-10-29(17-23)36(32(38)24-8-4-3-5-9-24)21-27-14-13-26(19-30(27)33)25-15-16-31-28(18-25)20-34-35(31)2/h3-20H,21H2,1-2H3/b12-11+. The molecule has 188 valence electrons. The van der Waals surface area contributed by atoms with E-state index in [1.807, 2.05) is 55.6 Å². The predicted molar refractivity (Wildman–Crippen MR) is 149 cm³/mol. The van der Waals surface area contributed by atoms with Crippen molar-refractivity contribution in [3.05, 3.63) is 126 Å². The highest BCUT2D eigenvalue weighted by Gasteiger charge is 2.20. The first-order valence-corrected chi connectivity index (χ1v) is 12.3. The van der Waals surface area contributed by atoms with Crippen molar-refractivity contribution in [2.24, 2.45) is 7.05 Å². The van der Waals surface area contributed by atoms with Gasteiger partial charge in [-0.1, -0.05) is 54.6 Å². The van der Waals surface area contributed by atoms with Gasteiger partial charge in [-0.05, 0) is 72.2 Å². The molecule has 6 heteroatoms. The van der Waals surface area contributed by atoms with Crippen molar-refractivity contribution in [2.75, 3.05) is 4.90 Å². The van der Waals surface area contributed by atoms with Crippen LogP contribution in [-0.2, 0) is 18.4 Å². The molecule has 1 amide bonds. The fourth-order valence-corrected chi connectivity index (χ4v) is 4.40. The van der Waals surface area contributed by atoms with Gasteiger partial charge in [-0.3, -0.25) is 14.3 Å². The van der Waals surface area contributed by atoms with Gasteiger partial charge in [0.05, 0.1) is 18.3 Å². The molecule has 0 bridgehead atoms. The zero-order valence-electron chi connectivity index (χ0n) is 21.1. The summed E-state index contributed by atoms with van der Waals surface area (Å²) in [4.78, 5) is 26.5. The van der Waals surface area contributed by atoms with Gasteiger partial charge in [0.25, 0.3) is 5.91 Å². The maximum atomic E-state index is 15.5. The number of carbonyl (C=O) groups excluding carboxylic acids is 2. The van der Waals surface area contributed by atoms with E-state index in [0.29, 0.717) is 16.8 Å². The van der Waals surface area contributed by atoms with Crippen LogP contribution < -0.4 is 4.90 Å². The van der Waals surface area contributed by atoms with Crippen molar-refractivity contribution >= 4 is 34.4 Å². The van der Waals surface area contributed by atoms with Crippen molar-refractivity contribution < 1.29 is 14.0 Å². The first-order valence-electron chi connectivity index (χ1n) is 12.3. The lowest BCUT2D eigenvalue weighted by molar-refractivity contribution is -0.112. The van der Waals surface area contributed by atoms with Crippen LogP contribution in [0.3, 0.4) is 0 Å². The van der Waals surface area contributed by atoms with Crippen LogP contribution in [0.15, 0.2) is 103 Å². The van der Waals surface area contributed by atoms with Gasteiger partial charge in [-0.15, -0.1) is 0 Å². The average Bonchev–Trinajstić information content (AvgIpc) is 3.31. The largest absolute Gasteiger partial charge is 0.304 e. The zero-order chi connectivity index (χ0) is 26.6. The number of nitrogens with zero attached hydrogens (tertiary/aromatic N) is 3. The third kappa shape index (κ3) is 5.30. The van der Waals surface area contributed by atoms with Crippen LogP contribution in [0.2, 0.25) is 0 Å². The molecule has 38 heavy (non-hydrogen) atoms. The fourth-order valence-electron chi connectivity index (χ4n) is 4.40. The molecule has 0 aliphatic heterocycles. The number of rotatable bonds is 7. The van der Waals surface area contributed by atoms with E-state index < -0.39 is 5.82 Å². The van der Waals surface area contributed by atoms with E-state index in [0.717, 1.165) is 27.6 Å². The number of hydrogen-bond donors (Lipinski definition) is 0. The molecule has 5 nitrogen and oxygen atoms in total. The lowest BCUT2D eigenvalue weighted by Gasteiger charge is -2.24. The van der Waals surface area contributed by atoms with Crippen LogP contribution in [0.25, 0.3) is 28.1 Å². The average molecular weight is 504 g/mol. The highest BCUT2D eigenvalue weighted by Crippen LogP contribution is 2.28. The highest BCUT2D eigenvalue weighted by atomic mass is 19.1. The van der Waals surface area contributed by atoms with Crippen molar-refractivity contribution in [1.82, 2.24) is 9.78 Å². The number of hydrogen-bond acceptors (Lipinski definition) is 3. The number of aromatic nitrogens is 2. The Morgan fingerprint density at radius 3 is 2.45 bits per heavy atom. The molecular weight excluding hydrogens is 477 g/mol. The van der Waals surface area contributed by atoms with E-state index in [1.165, 1.54) is 19.1 Å². The monoisotopic (exact) mass is 503 g/mol. The minimum atomic E-state index is -0.396. The fraction of sp³-hybridized carbons (Fsp3) is 0.0938. The molecule has 0 radical (unpaired) electrons. The van der Waals surface area contributed by atoms with Crippen LogP contribution in [0.5, 0.6) is 0 Å². The van der Waals surface area contributed by atoms with E-state index in [4.69, 9.17) is 0 Å². The molecule has 0 aliphatic rings. The minimum Gasteiger partial charge on any atom is -0.304 e. The summed E-state index contributed by atoms with van der Waals surface area (Å²) < 4.78 is 17.3. The Morgan fingerprint density at radius 1 is 0.921 bits per heavy atom. The maximum absolute atomic E-state index is 15.5. The van der Waals surface area contributed by atoms with E-state index >= 15 is 4.39 Å². The quantitative estimate of drug-likeness (QED) is 0.229. The van der Waals surface area contributed by atoms with E-state index in [9.17, 15) is 9.59 Å². The van der Waals surface area contributed by atoms with Gasteiger partial charge in [0.15, 0.2) is 5.78 Å². The molecule has 0 fully saturated rings. The number of carbonyl (C=O) groups is 2. The summed E-state index contributed by atoms with van der Waals surface area (Å²) in [6.07, 6.45) is 4.96. The van der Waals surface area contributed by atoms with Crippen molar-refractivity contribution in [3.63, 3.8) is 0 Å². The Hall–Kier alpha value is -4.84. The number of ketones is 1. The van der Waals surface area contributed by atoms with Crippen molar-refractivity contribution in [1.29, 1.82) is 0 Å². The van der Waals surface area contributed by atoms with Gasteiger partial charge < -0.3 is 4.90 Å². The molecule has 0 N–H and O–H groups in total. The number of halogens is 1. The van der Waals surface area contributed by atoms with Gasteiger partial charge in [-0.2, -0.15) is 5.10 Å². The number of aryl methyl sites for hydroxylation is 1. The van der Waals surface area contributed by atoms with Crippen LogP contribution in [-0.4, -0.2) is 21.5 Å². The highest BCUT2D eigenvalue weighted by molar-refractivity contribution is 6.06. The number of allylic oxidation sites excluding steroid dienone is 1. The zero-order valence-corrected chi connectivity index (χ0v) is 21.1. The van der Waals surface area contributed by atoms with Crippen LogP contribution in [0, 0.1) is 5.82 Å². The molecule has 0 saturated carbocycles. The van der Waals surface area contributed by atoms with Crippen molar-refractivity contribution in [2.45, 2.75) is 13.5 Å². The molecule has 0 aliphatic carbocycles. The predicted octanol–water partition coefficient (Wildman–Crippen LogP) is 6.83. The Morgan fingerprint density at radius 2 is 1.68 bits per heavy atom. The Bertz CT molecular complexity index is 1670. The van der Waals surface area contributed by atoms with E-state index in [2.05, 4.69) is 5.10 Å². The summed E-state index contributed by atoms with van der Waals surface area (Å²) in [5, 5.41) is 5.26. The molecule has 1 aromatic heterocycles. The Labute approximate surface area is 220 Å². The molecular formula is C32H26FN3O2. The second-order valence-electron chi connectivity index (χ2n) is 9.14. The number of fused-ring (bicyclic) bond motifs is 1. The first-order chi connectivity index (χ1) is 18.4. The number of anilines is 1. The second kappa shape index (κ2) is 10.6. The van der Waals surface area contributed by atoms with Crippen molar-refractivity contribution in [3.8, 4) is 11.1 Å². The van der Waals surface area contributed by atoms with Crippen LogP contribution in [0.4, 0.5) is 10.1 Å². The van der Waals surface area contributed by atoms with Gasteiger partial charge >= 0.3 is 0 Å². The normalized spacial score (nSPS) is 11.2. The molecule has 0 unspecified atom stereocenters. The first kappa shape index (κ1) is 24.8. The van der Waals surface area contributed by atoms with E-state index in [-0.39, 0.29) is 18.2 Å². The van der Waals surface area contributed by atoms with Gasteiger partial charge in [-0.25, -0.2) is 4.39 Å². The summed E-state index contributed by atoms with van der Waals surface area (Å²) in [6.45, 7) is 1.52. The number of amides is 1. The molecule has 0 atom stereocenters. The third-order valence-corrected chi connectivity index (χ3v) is 6.42. The van der Waals surface area contributed by atoms with Gasteiger partial charge in [0.2, 0.25) is 0 Å². The summed E-state index contributed by atoms with van der Waals surface area (Å²) in [5.41, 5.74) is 4.90. The Kier molecular flexibility index (Phi) is 6.96. The van der Waals surface area contributed by atoms with Gasteiger partial charge in [0, 0.05) is 29.2 Å². The van der Waals surface area contributed by atoms with E-state index in [1.54, 1.807) is 58.3 Å². The lowest BCUT2D eigenvalue weighted by Crippen LogP contribution is -2.30. The SMILES string of the molecule is CC(=O)/C=C/c1cccc(N(Cc2ccc(-c3ccc4c(cnn4C)c3)cc2F)C(=O)c2ccccc2)c1. The number of benzene rings is 4. The van der Waals surface area contributed by atoms with Crippen LogP contribution in [0.1, 0.15) is 28.4 Å². The van der Waals surface area contributed by atoms with Gasteiger partial charge in [0.1, 0.15) is 5.82 Å². The maximum Gasteiger partial charge on any atom is 0.258 e. The molecule has 1 heterocycles. The summed E-state index contributed by atoms with van der Waals surface area (Å²) in [5.74, 6) is -0.714. The summed E-state index contributed by atoms with van der Waals surface area (Å²) in [6, 6.07) is 27.2. The minimum absolute atomic E-state index is 0.0430. The Balaban J connectivity index is 1.49. The van der Waals surface area contributed by atoms with Crippen LogP contribution >= 0.6 is 0 Å². The lowest BCUT2D eigenvalue weighted by atomic mass is 10.0. The second-order valence-corrected chi connectivity index (χ2v) is 9.14. The molecule has 5 aromatic rings. The molecule has 4 aromatic carbocycles. The molecule has 0 saturated heterocycles.